The second-order valence-corrected chi connectivity index (χ2v) is 21.8. The molecule has 8 rings (SSSR count). The third-order valence-corrected chi connectivity index (χ3v) is 15.5. The number of rotatable bonds is 13. The molecule has 3 N–H and O–H groups in total. The number of aromatic amines is 1. The Morgan fingerprint density at radius 2 is 1.21 bits per heavy atom. The first kappa shape index (κ1) is 50.3. The van der Waals surface area contributed by atoms with E-state index >= 15 is 0 Å². The first-order chi connectivity index (χ1) is 33.6. The fraction of sp³-hybridized carbons (Fsp3) is 0.491. The van der Waals surface area contributed by atoms with E-state index in [0.29, 0.717) is 19.5 Å². The van der Waals surface area contributed by atoms with Crippen LogP contribution in [0.5, 0.6) is 0 Å². The van der Waals surface area contributed by atoms with Crippen LogP contribution in [0.3, 0.4) is 0 Å². The molecule has 0 spiro atoms. The Bertz CT molecular complexity index is 2570. The summed E-state index contributed by atoms with van der Waals surface area (Å²) in [7, 11) is 2.61. The second-order valence-electron chi connectivity index (χ2n) is 20.7. The van der Waals surface area contributed by atoms with Gasteiger partial charge in [-0.1, -0.05) is 115 Å². The van der Waals surface area contributed by atoms with Crippen molar-refractivity contribution in [3.63, 3.8) is 0 Å². The molecule has 4 amide bonds. The van der Waals surface area contributed by atoms with Gasteiger partial charge in [-0.25, -0.2) is 14.6 Å². The van der Waals surface area contributed by atoms with Crippen molar-refractivity contribution in [1.82, 2.24) is 30.4 Å². The lowest BCUT2D eigenvalue weighted by Gasteiger charge is -2.44. The number of hydrogen-bond donors (Lipinski definition) is 3. The monoisotopic (exact) mass is 971 g/mol. The molecule has 0 radical (unpaired) electrons. The van der Waals surface area contributed by atoms with Crippen molar-refractivity contribution in [2.45, 2.75) is 122 Å². The summed E-state index contributed by atoms with van der Waals surface area (Å²) >= 11 is 1.97. The number of allylic oxidation sites excluding steroid dienone is 1. The molecule has 15 heteroatoms. The van der Waals surface area contributed by atoms with Crippen LogP contribution in [0.15, 0.2) is 90.1 Å². The molecule has 3 fully saturated rings. The normalized spacial score (nSPS) is 21.4. The van der Waals surface area contributed by atoms with Crippen LogP contribution in [0.2, 0.25) is 0 Å². The van der Waals surface area contributed by atoms with Crippen LogP contribution < -0.4 is 15.5 Å². The number of nitrogens with one attached hydrogen (secondary N) is 3. The summed E-state index contributed by atoms with van der Waals surface area (Å²) in [6.45, 7) is 15.7. The summed E-state index contributed by atoms with van der Waals surface area (Å²) in [6, 6.07) is 25.3. The quantitative estimate of drug-likeness (QED) is 0.118. The van der Waals surface area contributed by atoms with E-state index in [1.807, 2.05) is 55.5 Å². The predicted molar refractivity (Wildman–Crippen MR) is 278 cm³/mol. The molecule has 4 aliphatic rings. The van der Waals surface area contributed by atoms with E-state index in [0.717, 1.165) is 71.2 Å². The Morgan fingerprint density at radius 3 is 1.73 bits per heavy atom. The molecule has 3 aromatic carbocycles. The molecule has 4 aromatic rings. The number of aromatic nitrogens is 2. The van der Waals surface area contributed by atoms with Crippen LogP contribution >= 0.6 is 11.8 Å². The number of carbonyl (C=O) groups is 4. The number of amides is 4. The van der Waals surface area contributed by atoms with Gasteiger partial charge < -0.3 is 39.8 Å². The Morgan fingerprint density at radius 1 is 0.700 bits per heavy atom. The molecule has 2 unspecified atom stereocenters. The number of imidazole rings is 1. The topological polar surface area (TPSA) is 162 Å². The van der Waals surface area contributed by atoms with E-state index in [4.69, 9.17) is 19.5 Å². The van der Waals surface area contributed by atoms with Gasteiger partial charge in [-0.3, -0.25) is 14.6 Å². The van der Waals surface area contributed by atoms with E-state index in [2.05, 4.69) is 120 Å². The highest BCUT2D eigenvalue weighted by molar-refractivity contribution is 7.99. The molecule has 0 bridgehead atoms. The van der Waals surface area contributed by atoms with Gasteiger partial charge in [0.2, 0.25) is 11.8 Å². The molecule has 4 aliphatic heterocycles. The highest BCUT2D eigenvalue weighted by Crippen LogP contribution is 2.45. The lowest BCUT2D eigenvalue weighted by molar-refractivity contribution is -0.135. The van der Waals surface area contributed by atoms with E-state index in [1.165, 1.54) is 36.6 Å². The van der Waals surface area contributed by atoms with Gasteiger partial charge in [-0.05, 0) is 82.9 Å². The molecule has 70 heavy (non-hydrogen) atoms. The van der Waals surface area contributed by atoms with Gasteiger partial charge in [-0.2, -0.15) is 11.8 Å². The number of thioether (sulfide) groups is 1. The fourth-order valence-corrected chi connectivity index (χ4v) is 11.7. The van der Waals surface area contributed by atoms with Crippen LogP contribution in [0.4, 0.5) is 15.3 Å². The van der Waals surface area contributed by atoms with E-state index in [9.17, 15) is 19.2 Å². The van der Waals surface area contributed by atoms with Crippen LogP contribution in [0.25, 0.3) is 17.0 Å². The number of H-pyrrole nitrogens is 1. The number of likely N-dealkylation sites (tertiary alicyclic amines) is 2. The summed E-state index contributed by atoms with van der Waals surface area (Å²) in [6.07, 6.45) is 6.83. The summed E-state index contributed by atoms with van der Waals surface area (Å²) in [5, 5.41) is 5.48. The van der Waals surface area contributed by atoms with Crippen LogP contribution in [0, 0.1) is 11.8 Å². The lowest BCUT2D eigenvalue weighted by atomic mass is 9.87. The first-order valence-electron chi connectivity index (χ1n) is 24.9. The van der Waals surface area contributed by atoms with Crippen LogP contribution in [0.1, 0.15) is 127 Å². The van der Waals surface area contributed by atoms with Gasteiger partial charge in [0.25, 0.3) is 0 Å². The van der Waals surface area contributed by atoms with Crippen molar-refractivity contribution in [2.75, 3.05) is 43.7 Å². The zero-order valence-corrected chi connectivity index (χ0v) is 43.0. The van der Waals surface area contributed by atoms with Gasteiger partial charge in [0.05, 0.1) is 56.0 Å². The molecule has 0 aliphatic carbocycles. The zero-order chi connectivity index (χ0) is 49.9. The number of nitrogens with zero attached hydrogens (tertiary/aromatic N) is 5. The van der Waals surface area contributed by atoms with Crippen LogP contribution in [-0.2, 0) is 24.5 Å². The Labute approximate surface area is 417 Å². The van der Waals surface area contributed by atoms with Gasteiger partial charge in [0.15, 0.2) is 0 Å². The summed E-state index contributed by atoms with van der Waals surface area (Å²) < 4.78 is 9.65. The minimum absolute atomic E-state index is 0.0259. The number of anilines is 1. The summed E-state index contributed by atoms with van der Waals surface area (Å²) in [5.74, 6) is 2.17. The average molecular weight is 971 g/mol. The maximum Gasteiger partial charge on any atom is 0.407 e. The van der Waals surface area contributed by atoms with Gasteiger partial charge in [0.1, 0.15) is 17.9 Å². The number of methoxy groups -OCH3 is 2. The maximum atomic E-state index is 13.8. The Kier molecular flexibility index (Phi) is 15.4. The standard InChI is InChI=1S/C55H70N8O6S/c1-33(2)48(59-53(66)68-8)51(64)61-28-10-12-44(61)42-27-26-41(57-42)35-14-18-37(19-15-35)46-31-70-32-47(63(46)40-24-22-39(23-25-40)55(5,6)7)38-20-16-36(17-21-38)43-30-56-50(58-43)45-13-11-29-62(45)52(65)49(34(3)4)60-54(67)69-9/h14-26,30,33-34,44-49H,10-13,27-29,31-32H2,1-9H3,(H,56,58)(H,59,66)(H,60,67)/t44-,45-,46?,47?,48-,49-/m0/s1. The molecule has 6 atom stereocenters. The number of hydrogen-bond acceptors (Lipinski definition) is 10. The lowest BCUT2D eigenvalue weighted by Crippen LogP contribution is -2.53. The highest BCUT2D eigenvalue weighted by atomic mass is 32.2. The number of benzene rings is 3. The van der Waals surface area contributed by atoms with E-state index < -0.39 is 24.3 Å². The SMILES string of the molecule is COC(=O)N[C@H](C(=O)N1CCC[C@H]1C1=NC(c2ccc(C3CSCC(c4ccc(-c5cnc([C@@H]6CCCN6C(=O)[C@@H](NC(=O)OC)C(C)C)[nH]5)cc4)N3c3ccc(C(C)(C)C)cc3)cc2)=CC1)C(C)C. The molecule has 5 heterocycles. The third kappa shape index (κ3) is 10.8. The van der Waals surface area contributed by atoms with Crippen molar-refractivity contribution >= 4 is 52.9 Å². The Hall–Kier alpha value is -6.09. The predicted octanol–water partition coefficient (Wildman–Crippen LogP) is 10.0. The third-order valence-electron chi connectivity index (χ3n) is 14.4. The molecule has 372 valence electrons. The Balaban J connectivity index is 1.01. The molecule has 0 saturated carbocycles. The first-order valence-corrected chi connectivity index (χ1v) is 26.0. The number of carbonyl (C=O) groups excluding carboxylic acids is 4. The van der Waals surface area contributed by atoms with Crippen molar-refractivity contribution < 1.29 is 28.7 Å². The van der Waals surface area contributed by atoms with Crippen molar-refractivity contribution in [3.05, 3.63) is 113 Å². The van der Waals surface area contributed by atoms with Crippen molar-refractivity contribution in [1.29, 1.82) is 0 Å². The number of alkyl carbamates (subject to hydrolysis) is 2. The number of ether oxygens (including phenoxy) is 2. The second kappa shape index (κ2) is 21.5. The van der Waals surface area contributed by atoms with E-state index in [-0.39, 0.29) is 53.2 Å². The van der Waals surface area contributed by atoms with Crippen LogP contribution in [-0.4, -0.2) is 106 Å². The molecule has 14 nitrogen and oxygen atoms in total. The molecular weight excluding hydrogens is 901 g/mol. The van der Waals surface area contributed by atoms with Gasteiger partial charge in [-0.15, -0.1) is 0 Å². The van der Waals surface area contributed by atoms with E-state index in [1.54, 1.807) is 0 Å². The molecule has 1 aromatic heterocycles. The number of aliphatic imine (C=N–C) groups is 1. The molecule has 3 saturated heterocycles. The van der Waals surface area contributed by atoms with Gasteiger partial charge in [0, 0.05) is 42.4 Å². The molecular formula is C55H70N8O6S. The summed E-state index contributed by atoms with van der Waals surface area (Å²) in [5.41, 5.74) is 9.80. The fourth-order valence-electron chi connectivity index (χ4n) is 10.4. The highest BCUT2D eigenvalue weighted by Gasteiger charge is 2.40. The minimum atomic E-state index is -0.695. The average Bonchev–Trinajstić information content (AvgIpc) is 4.22. The maximum absolute atomic E-state index is 13.8. The van der Waals surface area contributed by atoms with Crippen molar-refractivity contribution in [2.24, 2.45) is 16.8 Å². The van der Waals surface area contributed by atoms with Gasteiger partial charge >= 0.3 is 12.2 Å². The van der Waals surface area contributed by atoms with Crippen molar-refractivity contribution in [3.8, 4) is 11.3 Å². The minimum Gasteiger partial charge on any atom is -0.453 e. The zero-order valence-electron chi connectivity index (χ0n) is 42.2. The smallest absolute Gasteiger partial charge is 0.407 e. The summed E-state index contributed by atoms with van der Waals surface area (Å²) in [4.78, 5) is 71.6. The largest absolute Gasteiger partial charge is 0.453 e.